The molecule has 0 aliphatic carbocycles. The van der Waals surface area contributed by atoms with Crippen molar-refractivity contribution in [3.05, 3.63) is 87.9 Å². The van der Waals surface area contributed by atoms with E-state index in [4.69, 9.17) is 27.9 Å². The van der Waals surface area contributed by atoms with Crippen LogP contribution in [-0.2, 0) is 22.7 Å². The van der Waals surface area contributed by atoms with Gasteiger partial charge in [-0.15, -0.1) is 0 Å². The van der Waals surface area contributed by atoms with E-state index in [1.54, 1.807) is 59.4 Å². The lowest BCUT2D eigenvalue weighted by Crippen LogP contribution is -2.48. The second-order valence-corrected chi connectivity index (χ2v) is 9.86. The zero-order chi connectivity index (χ0) is 27.1. The van der Waals surface area contributed by atoms with Gasteiger partial charge in [-0.2, -0.15) is 0 Å². The molecule has 200 valence electrons. The first kappa shape index (κ1) is 27.7. The zero-order valence-electron chi connectivity index (χ0n) is 21.4. The van der Waals surface area contributed by atoms with Gasteiger partial charge in [-0.25, -0.2) is 5.01 Å². The lowest BCUT2D eigenvalue weighted by atomic mass is 10.1. The highest BCUT2D eigenvalue weighted by molar-refractivity contribution is 6.31. The van der Waals surface area contributed by atoms with Crippen molar-refractivity contribution in [1.82, 2.24) is 20.7 Å². The van der Waals surface area contributed by atoms with Crippen molar-refractivity contribution in [2.24, 2.45) is 0 Å². The molecule has 0 spiro atoms. The fourth-order valence-electron chi connectivity index (χ4n) is 4.19. The Balaban J connectivity index is 1.56. The molecule has 0 fully saturated rings. The van der Waals surface area contributed by atoms with E-state index >= 15 is 0 Å². The average Bonchev–Trinajstić information content (AvgIpc) is 3.34. The van der Waals surface area contributed by atoms with Crippen LogP contribution in [0.3, 0.4) is 0 Å². The molecule has 0 unspecified atom stereocenters. The molecule has 10 heteroatoms. The minimum Gasteiger partial charge on any atom is -0.455 e. The van der Waals surface area contributed by atoms with Gasteiger partial charge < -0.3 is 20.3 Å². The molecule has 0 bridgehead atoms. The van der Waals surface area contributed by atoms with Crippen LogP contribution < -0.4 is 20.3 Å². The van der Waals surface area contributed by atoms with Crippen LogP contribution >= 0.6 is 23.2 Å². The number of nitrogens with zero attached hydrogens (tertiary/aromatic N) is 3. The summed E-state index contributed by atoms with van der Waals surface area (Å²) in [7, 11) is 3.57. The summed E-state index contributed by atoms with van der Waals surface area (Å²) in [6, 6.07) is 20.2. The number of hydrogen-bond donors (Lipinski definition) is 2. The molecule has 38 heavy (non-hydrogen) atoms. The van der Waals surface area contributed by atoms with Gasteiger partial charge in [0.2, 0.25) is 5.91 Å². The van der Waals surface area contributed by atoms with Gasteiger partial charge in [0, 0.05) is 43.3 Å². The van der Waals surface area contributed by atoms with E-state index in [0.717, 1.165) is 0 Å². The molecule has 8 nitrogen and oxygen atoms in total. The van der Waals surface area contributed by atoms with E-state index in [2.05, 4.69) is 22.8 Å². The highest BCUT2D eigenvalue weighted by atomic mass is 35.5. The number of ether oxygens (including phenoxy) is 1. The number of nitrogens with one attached hydrogen (secondary N) is 2. The summed E-state index contributed by atoms with van der Waals surface area (Å²) in [6.45, 7) is 2.27. The summed E-state index contributed by atoms with van der Waals surface area (Å²) in [5.41, 5.74) is 2.92. The molecule has 0 saturated carbocycles. The SMILES string of the molecule is CNCCNC(=O)CN(CC(=O)N(C)N1Cc2ccccc2C1)c1cc(Cl)ccc1Oc1ccc(Cl)cc1. The molecule has 3 aromatic carbocycles. The smallest absolute Gasteiger partial charge is 0.256 e. The highest BCUT2D eigenvalue weighted by Crippen LogP contribution is 2.35. The third kappa shape index (κ3) is 7.17. The van der Waals surface area contributed by atoms with E-state index in [0.29, 0.717) is 53.4 Å². The third-order valence-electron chi connectivity index (χ3n) is 6.27. The van der Waals surface area contributed by atoms with Gasteiger partial charge in [0.05, 0.1) is 18.8 Å². The van der Waals surface area contributed by atoms with Crippen molar-refractivity contribution in [3.8, 4) is 11.5 Å². The summed E-state index contributed by atoms with van der Waals surface area (Å²) >= 11 is 12.4. The van der Waals surface area contributed by atoms with Gasteiger partial charge in [0.25, 0.3) is 5.91 Å². The van der Waals surface area contributed by atoms with Gasteiger partial charge in [0.1, 0.15) is 5.75 Å². The Hall–Kier alpha value is -3.30. The van der Waals surface area contributed by atoms with Gasteiger partial charge in [-0.1, -0.05) is 47.5 Å². The Morgan fingerprint density at radius 3 is 2.24 bits per heavy atom. The molecule has 0 radical (unpaired) electrons. The number of anilines is 1. The summed E-state index contributed by atoms with van der Waals surface area (Å²) < 4.78 is 6.13. The van der Waals surface area contributed by atoms with E-state index in [-0.39, 0.29) is 24.9 Å². The zero-order valence-corrected chi connectivity index (χ0v) is 22.9. The number of hydrazine groups is 1. The molecular weight excluding hydrogens is 525 g/mol. The molecule has 0 aromatic heterocycles. The van der Waals surface area contributed by atoms with Gasteiger partial charge in [-0.05, 0) is 60.6 Å². The van der Waals surface area contributed by atoms with Crippen molar-refractivity contribution in [2.75, 3.05) is 45.2 Å². The number of benzene rings is 3. The molecule has 1 heterocycles. The van der Waals surface area contributed by atoms with Crippen molar-refractivity contribution >= 4 is 40.7 Å². The molecule has 2 N–H and O–H groups in total. The normalized spacial score (nSPS) is 12.6. The number of carbonyl (C=O) groups is 2. The van der Waals surface area contributed by atoms with E-state index < -0.39 is 0 Å². The second kappa shape index (κ2) is 13.0. The van der Waals surface area contributed by atoms with Crippen molar-refractivity contribution < 1.29 is 14.3 Å². The van der Waals surface area contributed by atoms with Crippen molar-refractivity contribution in [2.45, 2.75) is 13.1 Å². The molecule has 1 aliphatic heterocycles. The molecule has 2 amide bonds. The molecule has 0 saturated heterocycles. The van der Waals surface area contributed by atoms with Crippen LogP contribution in [0.25, 0.3) is 0 Å². The van der Waals surface area contributed by atoms with Gasteiger partial charge >= 0.3 is 0 Å². The number of hydrogen-bond acceptors (Lipinski definition) is 6. The summed E-state index contributed by atoms with van der Waals surface area (Å²) in [5, 5.41) is 10.5. The summed E-state index contributed by atoms with van der Waals surface area (Å²) in [5.74, 6) is 0.637. The first-order valence-electron chi connectivity index (χ1n) is 12.3. The highest BCUT2D eigenvalue weighted by Gasteiger charge is 2.27. The van der Waals surface area contributed by atoms with Gasteiger partial charge in [-0.3, -0.25) is 14.6 Å². The molecule has 4 rings (SSSR count). The van der Waals surface area contributed by atoms with Crippen LogP contribution in [0.5, 0.6) is 11.5 Å². The lowest BCUT2D eigenvalue weighted by Gasteiger charge is -2.32. The monoisotopic (exact) mass is 555 g/mol. The molecular formula is C28H31Cl2N5O3. The van der Waals surface area contributed by atoms with Crippen LogP contribution in [-0.4, -0.2) is 62.1 Å². The van der Waals surface area contributed by atoms with E-state index in [1.165, 1.54) is 11.1 Å². The van der Waals surface area contributed by atoms with E-state index in [9.17, 15) is 9.59 Å². The Kier molecular flexibility index (Phi) is 9.47. The largest absolute Gasteiger partial charge is 0.455 e. The minimum absolute atomic E-state index is 0.0547. The topological polar surface area (TPSA) is 77.1 Å². The molecule has 3 aromatic rings. The number of halogens is 2. The van der Waals surface area contributed by atoms with Crippen molar-refractivity contribution in [3.63, 3.8) is 0 Å². The Bertz CT molecular complexity index is 1250. The first-order chi connectivity index (χ1) is 18.3. The maximum absolute atomic E-state index is 13.5. The van der Waals surface area contributed by atoms with Crippen LogP contribution in [0.2, 0.25) is 10.0 Å². The summed E-state index contributed by atoms with van der Waals surface area (Å²) in [4.78, 5) is 28.0. The third-order valence-corrected chi connectivity index (χ3v) is 6.76. The number of amides is 2. The van der Waals surface area contributed by atoms with Gasteiger partial charge in [0.15, 0.2) is 5.75 Å². The maximum Gasteiger partial charge on any atom is 0.256 e. The quantitative estimate of drug-likeness (QED) is 0.343. The second-order valence-electron chi connectivity index (χ2n) is 8.99. The van der Waals surface area contributed by atoms with Crippen LogP contribution in [0, 0.1) is 0 Å². The fourth-order valence-corrected chi connectivity index (χ4v) is 4.48. The fraction of sp³-hybridized carbons (Fsp3) is 0.286. The predicted molar refractivity (Wildman–Crippen MR) is 151 cm³/mol. The van der Waals surface area contributed by atoms with Crippen molar-refractivity contribution in [1.29, 1.82) is 0 Å². The van der Waals surface area contributed by atoms with Crippen LogP contribution in [0.1, 0.15) is 11.1 Å². The predicted octanol–water partition coefficient (Wildman–Crippen LogP) is 4.32. The van der Waals surface area contributed by atoms with Crippen LogP contribution in [0.4, 0.5) is 5.69 Å². The average molecular weight is 556 g/mol. The van der Waals surface area contributed by atoms with Crippen LogP contribution in [0.15, 0.2) is 66.7 Å². The Morgan fingerprint density at radius 1 is 0.921 bits per heavy atom. The number of likely N-dealkylation sites (N-methyl/N-ethyl adjacent to an activating group) is 2. The summed E-state index contributed by atoms with van der Waals surface area (Å²) in [6.07, 6.45) is 0. The number of rotatable bonds is 11. The Morgan fingerprint density at radius 2 is 1.58 bits per heavy atom. The molecule has 0 atom stereocenters. The molecule has 1 aliphatic rings. The minimum atomic E-state index is -0.221. The lowest BCUT2D eigenvalue weighted by molar-refractivity contribution is -0.145. The number of carbonyl (C=O) groups excluding carboxylic acids is 2. The first-order valence-corrected chi connectivity index (χ1v) is 13.1. The van der Waals surface area contributed by atoms with E-state index in [1.807, 2.05) is 24.2 Å². The standard InChI is InChI=1S/C28H31Cl2N5O3/c1-31-13-14-32-27(36)18-34(19-28(37)33(2)35-16-20-5-3-4-6-21(20)17-35)25-15-23(30)9-12-26(25)38-24-10-7-22(29)8-11-24/h3-12,15,31H,13-14,16-19H2,1-2H3,(H,32,36). The maximum atomic E-state index is 13.5. The Labute approximate surface area is 233 Å². The number of fused-ring (bicyclic) bond motifs is 1.